The van der Waals surface area contributed by atoms with E-state index in [1.165, 1.54) is 10.4 Å². The summed E-state index contributed by atoms with van der Waals surface area (Å²) in [5, 5.41) is 3.36. The minimum atomic E-state index is 0.250. The molecular weight excluding hydrogens is 338 g/mol. The second-order valence-electron chi connectivity index (χ2n) is 4.37. The fraction of sp³-hybridized carbons (Fsp3) is 0.333. The van der Waals surface area contributed by atoms with Gasteiger partial charge in [-0.1, -0.05) is 6.07 Å². The topological polar surface area (TPSA) is 30.5 Å². The Kier molecular flexibility index (Phi) is 5.46. The molecule has 2 aromatic rings. The van der Waals surface area contributed by atoms with Crippen molar-refractivity contribution < 1.29 is 9.47 Å². The molecule has 1 aromatic carbocycles. The van der Waals surface area contributed by atoms with Crippen LogP contribution in [-0.2, 0) is 6.42 Å². The molecule has 0 aliphatic rings. The SMILES string of the molecule is CNC(Cc1ccc(Br)s1)c1ccc(OC)c(OC)c1. The molecule has 0 fully saturated rings. The summed E-state index contributed by atoms with van der Waals surface area (Å²) in [6.45, 7) is 0. The van der Waals surface area contributed by atoms with Crippen LogP contribution in [0, 0.1) is 0 Å². The number of nitrogens with one attached hydrogen (secondary N) is 1. The van der Waals surface area contributed by atoms with Crippen molar-refractivity contribution in [3.05, 3.63) is 44.6 Å². The fourth-order valence-electron chi connectivity index (χ4n) is 2.12. The van der Waals surface area contributed by atoms with E-state index in [0.717, 1.165) is 21.7 Å². The molecule has 1 heterocycles. The molecule has 1 N–H and O–H groups in total. The lowest BCUT2D eigenvalue weighted by Gasteiger charge is -2.18. The van der Waals surface area contributed by atoms with Gasteiger partial charge in [-0.25, -0.2) is 0 Å². The largest absolute Gasteiger partial charge is 0.493 e. The van der Waals surface area contributed by atoms with Crippen molar-refractivity contribution in [3.63, 3.8) is 0 Å². The number of likely N-dealkylation sites (N-methyl/N-ethyl adjacent to an activating group) is 1. The first kappa shape index (κ1) is 15.4. The van der Waals surface area contributed by atoms with Gasteiger partial charge in [-0.2, -0.15) is 0 Å². The predicted molar refractivity (Wildman–Crippen MR) is 87.1 cm³/mol. The molecule has 0 spiro atoms. The predicted octanol–water partition coefficient (Wildman–Crippen LogP) is 4.03. The van der Waals surface area contributed by atoms with Gasteiger partial charge in [0.1, 0.15) is 0 Å². The highest BCUT2D eigenvalue weighted by Gasteiger charge is 2.14. The molecular formula is C15H18BrNO2S. The van der Waals surface area contributed by atoms with E-state index in [4.69, 9.17) is 9.47 Å². The van der Waals surface area contributed by atoms with Crippen molar-refractivity contribution >= 4 is 27.3 Å². The third-order valence-electron chi connectivity index (χ3n) is 3.19. The van der Waals surface area contributed by atoms with E-state index in [0.29, 0.717) is 0 Å². The van der Waals surface area contributed by atoms with Gasteiger partial charge in [-0.15, -0.1) is 11.3 Å². The molecule has 0 amide bonds. The minimum absolute atomic E-state index is 0.250. The zero-order valence-electron chi connectivity index (χ0n) is 11.8. The molecule has 1 unspecified atom stereocenters. The van der Waals surface area contributed by atoms with E-state index in [-0.39, 0.29) is 6.04 Å². The smallest absolute Gasteiger partial charge is 0.161 e. The van der Waals surface area contributed by atoms with Crippen LogP contribution in [0.2, 0.25) is 0 Å². The Bertz CT molecular complexity index is 571. The van der Waals surface area contributed by atoms with Gasteiger partial charge in [-0.05, 0) is 52.8 Å². The van der Waals surface area contributed by atoms with Crippen LogP contribution >= 0.6 is 27.3 Å². The molecule has 0 bridgehead atoms. The summed E-state index contributed by atoms with van der Waals surface area (Å²) >= 11 is 5.27. The van der Waals surface area contributed by atoms with Gasteiger partial charge < -0.3 is 14.8 Å². The van der Waals surface area contributed by atoms with Gasteiger partial charge in [0.15, 0.2) is 11.5 Å². The van der Waals surface area contributed by atoms with Gasteiger partial charge in [0.25, 0.3) is 0 Å². The van der Waals surface area contributed by atoms with Crippen molar-refractivity contribution in [3.8, 4) is 11.5 Å². The quantitative estimate of drug-likeness (QED) is 0.848. The molecule has 0 saturated heterocycles. The summed E-state index contributed by atoms with van der Waals surface area (Å²) in [6, 6.07) is 10.5. The Balaban J connectivity index is 2.22. The van der Waals surface area contributed by atoms with Gasteiger partial charge in [0.2, 0.25) is 0 Å². The Labute approximate surface area is 132 Å². The van der Waals surface area contributed by atoms with Gasteiger partial charge in [0.05, 0.1) is 18.0 Å². The number of benzene rings is 1. The van der Waals surface area contributed by atoms with Crippen LogP contribution < -0.4 is 14.8 Å². The number of hydrogen-bond donors (Lipinski definition) is 1. The highest BCUT2D eigenvalue weighted by molar-refractivity contribution is 9.11. The number of ether oxygens (including phenoxy) is 2. The Hall–Kier alpha value is -1.04. The summed E-state index contributed by atoms with van der Waals surface area (Å²) in [5.74, 6) is 1.52. The maximum Gasteiger partial charge on any atom is 0.161 e. The van der Waals surface area contributed by atoms with Gasteiger partial charge in [0, 0.05) is 17.3 Å². The van der Waals surface area contributed by atoms with Crippen LogP contribution in [-0.4, -0.2) is 21.3 Å². The molecule has 0 aliphatic carbocycles. The van der Waals surface area contributed by atoms with Crippen molar-refractivity contribution in [2.75, 3.05) is 21.3 Å². The maximum atomic E-state index is 5.37. The molecule has 1 atom stereocenters. The van der Waals surface area contributed by atoms with Crippen LogP contribution in [0.25, 0.3) is 0 Å². The standard InChI is InChI=1S/C15H18BrNO2S/c1-17-12(9-11-5-7-15(16)20-11)10-4-6-13(18-2)14(8-10)19-3/h4-8,12,17H,9H2,1-3H3. The average molecular weight is 356 g/mol. The minimum Gasteiger partial charge on any atom is -0.493 e. The molecule has 20 heavy (non-hydrogen) atoms. The molecule has 2 rings (SSSR count). The molecule has 0 saturated carbocycles. The first-order valence-corrected chi connectivity index (χ1v) is 7.92. The second-order valence-corrected chi connectivity index (χ2v) is 6.91. The normalized spacial score (nSPS) is 12.2. The van der Waals surface area contributed by atoms with E-state index in [9.17, 15) is 0 Å². The summed E-state index contributed by atoms with van der Waals surface area (Å²) in [5.41, 5.74) is 1.19. The van der Waals surface area contributed by atoms with E-state index in [1.54, 1.807) is 25.6 Å². The first-order chi connectivity index (χ1) is 9.67. The van der Waals surface area contributed by atoms with Crippen LogP contribution in [0.4, 0.5) is 0 Å². The van der Waals surface area contributed by atoms with Crippen LogP contribution in [0.3, 0.4) is 0 Å². The first-order valence-electron chi connectivity index (χ1n) is 6.31. The second kappa shape index (κ2) is 7.11. The number of thiophene rings is 1. The molecule has 5 heteroatoms. The Morgan fingerprint density at radius 1 is 1.15 bits per heavy atom. The van der Waals surface area contributed by atoms with Crippen molar-refractivity contribution in [2.45, 2.75) is 12.5 Å². The summed E-state index contributed by atoms with van der Waals surface area (Å²) in [6.07, 6.45) is 0.947. The third-order valence-corrected chi connectivity index (χ3v) is 4.84. The highest BCUT2D eigenvalue weighted by Crippen LogP contribution is 2.32. The van der Waals surface area contributed by atoms with Crippen LogP contribution in [0.5, 0.6) is 11.5 Å². The number of methoxy groups -OCH3 is 2. The lowest BCUT2D eigenvalue weighted by atomic mass is 10.0. The summed E-state index contributed by atoms with van der Waals surface area (Å²) in [4.78, 5) is 1.34. The van der Waals surface area contributed by atoms with Crippen LogP contribution in [0.15, 0.2) is 34.1 Å². The van der Waals surface area contributed by atoms with Crippen LogP contribution in [0.1, 0.15) is 16.5 Å². The Morgan fingerprint density at radius 2 is 1.90 bits per heavy atom. The summed E-state index contributed by atoms with van der Waals surface area (Å²) < 4.78 is 11.8. The third kappa shape index (κ3) is 3.53. The zero-order chi connectivity index (χ0) is 14.5. The van der Waals surface area contributed by atoms with Gasteiger partial charge in [-0.3, -0.25) is 0 Å². The van der Waals surface area contributed by atoms with E-state index >= 15 is 0 Å². The molecule has 108 valence electrons. The number of hydrogen-bond acceptors (Lipinski definition) is 4. The molecule has 3 nitrogen and oxygen atoms in total. The number of halogens is 1. The maximum absolute atomic E-state index is 5.37. The van der Waals surface area contributed by atoms with Crippen molar-refractivity contribution in [1.29, 1.82) is 0 Å². The summed E-state index contributed by atoms with van der Waals surface area (Å²) in [7, 11) is 5.28. The molecule has 0 radical (unpaired) electrons. The monoisotopic (exact) mass is 355 g/mol. The molecule has 0 aliphatic heterocycles. The zero-order valence-corrected chi connectivity index (χ0v) is 14.2. The van der Waals surface area contributed by atoms with Gasteiger partial charge >= 0.3 is 0 Å². The Morgan fingerprint density at radius 3 is 2.45 bits per heavy atom. The fourth-order valence-corrected chi connectivity index (χ4v) is 3.65. The molecule has 1 aromatic heterocycles. The highest BCUT2D eigenvalue weighted by atomic mass is 79.9. The number of rotatable bonds is 6. The van der Waals surface area contributed by atoms with E-state index in [2.05, 4.69) is 39.4 Å². The van der Waals surface area contributed by atoms with E-state index in [1.807, 2.05) is 19.2 Å². The lowest BCUT2D eigenvalue weighted by molar-refractivity contribution is 0.354. The van der Waals surface area contributed by atoms with E-state index < -0.39 is 0 Å². The lowest BCUT2D eigenvalue weighted by Crippen LogP contribution is -2.18. The average Bonchev–Trinajstić information content (AvgIpc) is 2.89. The van der Waals surface area contributed by atoms with Crippen molar-refractivity contribution in [2.24, 2.45) is 0 Å². The van der Waals surface area contributed by atoms with Crippen molar-refractivity contribution in [1.82, 2.24) is 5.32 Å².